The lowest BCUT2D eigenvalue weighted by atomic mass is 10.5. The monoisotopic (exact) mass is 229 g/mol. The Balaban J connectivity index is 2.64. The zero-order chi connectivity index (χ0) is 8.97. The highest BCUT2D eigenvalue weighted by Gasteiger charge is 1.97. The van der Waals surface area contributed by atoms with Crippen molar-refractivity contribution >= 4 is 27.8 Å². The maximum absolute atomic E-state index is 10.8. The van der Waals surface area contributed by atoms with Gasteiger partial charge in [0.05, 0.1) is 0 Å². The number of amides is 2. The van der Waals surface area contributed by atoms with E-state index in [0.29, 0.717) is 5.82 Å². The van der Waals surface area contributed by atoms with Crippen molar-refractivity contribution in [2.24, 2.45) is 0 Å². The molecule has 1 aromatic rings. The molecule has 0 unspecified atom stereocenters. The minimum Gasteiger partial charge on any atom is -0.341 e. The summed E-state index contributed by atoms with van der Waals surface area (Å²) in [6.07, 6.45) is 1.62. The van der Waals surface area contributed by atoms with Gasteiger partial charge < -0.3 is 5.32 Å². The Hall–Kier alpha value is -1.10. The van der Waals surface area contributed by atoms with Gasteiger partial charge in [0.15, 0.2) is 0 Å². The Morgan fingerprint density at radius 3 is 2.83 bits per heavy atom. The predicted octanol–water partition coefficient (Wildman–Crippen LogP) is 1.60. The fourth-order valence-electron chi connectivity index (χ4n) is 0.629. The van der Waals surface area contributed by atoms with E-state index in [2.05, 4.69) is 31.5 Å². The lowest BCUT2D eigenvalue weighted by Gasteiger charge is -2.01. The van der Waals surface area contributed by atoms with Gasteiger partial charge in [-0.05, 0) is 28.1 Å². The molecule has 64 valence electrons. The molecule has 0 fully saturated rings. The first-order valence-corrected chi connectivity index (χ1v) is 4.12. The number of hydrogen-bond acceptors (Lipinski definition) is 2. The molecule has 0 spiro atoms. The summed E-state index contributed by atoms with van der Waals surface area (Å²) in [5, 5.41) is 4.96. The summed E-state index contributed by atoms with van der Waals surface area (Å²) >= 11 is 3.24. The number of urea groups is 1. The molecule has 1 heterocycles. The smallest absolute Gasteiger partial charge is 0.320 e. The number of aromatic nitrogens is 1. The molecule has 5 heteroatoms. The molecule has 0 atom stereocenters. The van der Waals surface area contributed by atoms with Crippen LogP contribution in [0.2, 0.25) is 0 Å². The summed E-state index contributed by atoms with van der Waals surface area (Å²) in [5.41, 5.74) is 0. The van der Waals surface area contributed by atoms with Crippen LogP contribution in [0.5, 0.6) is 0 Å². The van der Waals surface area contributed by atoms with Gasteiger partial charge >= 0.3 is 6.03 Å². The highest BCUT2D eigenvalue weighted by molar-refractivity contribution is 9.10. The Bertz CT molecular complexity index is 272. The Morgan fingerprint density at radius 1 is 1.58 bits per heavy atom. The van der Waals surface area contributed by atoms with E-state index in [1.165, 1.54) is 0 Å². The molecule has 2 N–H and O–H groups in total. The van der Waals surface area contributed by atoms with Crippen molar-refractivity contribution in [2.45, 2.75) is 0 Å². The summed E-state index contributed by atoms with van der Waals surface area (Å²) < 4.78 is 0.880. The lowest BCUT2D eigenvalue weighted by Crippen LogP contribution is -2.24. The molecule has 0 bridgehead atoms. The fraction of sp³-hybridized carbons (Fsp3) is 0.143. The summed E-state index contributed by atoms with van der Waals surface area (Å²) in [7, 11) is 1.55. The second-order valence-electron chi connectivity index (χ2n) is 2.07. The van der Waals surface area contributed by atoms with Crippen molar-refractivity contribution in [1.29, 1.82) is 0 Å². The third-order valence-electron chi connectivity index (χ3n) is 1.20. The number of carbonyl (C=O) groups is 1. The van der Waals surface area contributed by atoms with Crippen molar-refractivity contribution < 1.29 is 4.79 Å². The second-order valence-corrected chi connectivity index (χ2v) is 2.98. The number of pyridine rings is 1. The second kappa shape index (κ2) is 4.06. The van der Waals surface area contributed by atoms with Gasteiger partial charge in [-0.15, -0.1) is 0 Å². The van der Waals surface area contributed by atoms with Gasteiger partial charge in [-0.1, -0.05) is 0 Å². The third kappa shape index (κ3) is 2.50. The van der Waals surface area contributed by atoms with E-state index in [0.717, 1.165) is 4.47 Å². The average molecular weight is 230 g/mol. The average Bonchev–Trinajstić information content (AvgIpc) is 2.09. The van der Waals surface area contributed by atoms with Gasteiger partial charge in [-0.3, -0.25) is 5.32 Å². The number of anilines is 1. The Kier molecular flexibility index (Phi) is 3.04. The molecule has 0 aliphatic carbocycles. The topological polar surface area (TPSA) is 54.0 Å². The minimum absolute atomic E-state index is 0.273. The largest absolute Gasteiger partial charge is 0.341 e. The third-order valence-corrected chi connectivity index (χ3v) is 1.67. The van der Waals surface area contributed by atoms with Crippen LogP contribution >= 0.6 is 15.9 Å². The molecule has 0 radical (unpaired) electrons. The van der Waals surface area contributed by atoms with Crippen LogP contribution in [-0.2, 0) is 0 Å². The van der Waals surface area contributed by atoms with Crippen molar-refractivity contribution in [1.82, 2.24) is 10.3 Å². The zero-order valence-corrected chi connectivity index (χ0v) is 8.05. The van der Waals surface area contributed by atoms with Gasteiger partial charge in [0.25, 0.3) is 0 Å². The van der Waals surface area contributed by atoms with Crippen LogP contribution in [0.4, 0.5) is 10.6 Å². The highest BCUT2D eigenvalue weighted by atomic mass is 79.9. The van der Waals surface area contributed by atoms with Gasteiger partial charge in [-0.2, -0.15) is 0 Å². The van der Waals surface area contributed by atoms with E-state index >= 15 is 0 Å². The Labute approximate surface area is 78.5 Å². The van der Waals surface area contributed by atoms with Crippen LogP contribution in [0.15, 0.2) is 22.8 Å². The molecule has 2 amide bonds. The number of halogens is 1. The molecule has 12 heavy (non-hydrogen) atoms. The maximum Gasteiger partial charge on any atom is 0.320 e. The van der Waals surface area contributed by atoms with Gasteiger partial charge in [-0.25, -0.2) is 9.78 Å². The molecule has 0 aliphatic rings. The van der Waals surface area contributed by atoms with E-state index in [9.17, 15) is 4.79 Å². The summed E-state index contributed by atoms with van der Waals surface area (Å²) in [4.78, 5) is 14.7. The van der Waals surface area contributed by atoms with Crippen LogP contribution in [0, 0.1) is 0 Å². The van der Waals surface area contributed by atoms with Crippen LogP contribution < -0.4 is 10.6 Å². The first-order valence-electron chi connectivity index (χ1n) is 3.32. The van der Waals surface area contributed by atoms with Gasteiger partial charge in [0.2, 0.25) is 0 Å². The molecule has 0 saturated carbocycles. The molecular weight excluding hydrogens is 222 g/mol. The fourth-order valence-corrected chi connectivity index (χ4v) is 0.863. The number of carbonyl (C=O) groups excluding carboxylic acids is 1. The lowest BCUT2D eigenvalue weighted by molar-refractivity contribution is 0.254. The van der Waals surface area contributed by atoms with Crippen LogP contribution in [0.1, 0.15) is 0 Å². The predicted molar refractivity (Wildman–Crippen MR) is 50.0 cm³/mol. The maximum atomic E-state index is 10.8. The normalized spacial score (nSPS) is 9.17. The Morgan fingerprint density at radius 2 is 2.33 bits per heavy atom. The number of hydrogen-bond donors (Lipinski definition) is 2. The van der Waals surface area contributed by atoms with E-state index < -0.39 is 0 Å². The number of rotatable bonds is 1. The van der Waals surface area contributed by atoms with Crippen LogP contribution in [0.3, 0.4) is 0 Å². The number of nitrogens with zero attached hydrogens (tertiary/aromatic N) is 1. The van der Waals surface area contributed by atoms with Crippen molar-refractivity contribution in [2.75, 3.05) is 12.4 Å². The standard InChI is InChI=1S/C7H8BrN3O/c1-9-7(12)11-6-3-2-5(8)4-10-6/h2-4H,1H3,(H2,9,10,11,12). The van der Waals surface area contributed by atoms with E-state index in [-0.39, 0.29) is 6.03 Å². The minimum atomic E-state index is -0.273. The first-order chi connectivity index (χ1) is 5.72. The molecule has 0 aliphatic heterocycles. The quantitative estimate of drug-likeness (QED) is 0.769. The summed E-state index contributed by atoms with van der Waals surface area (Å²) in [6, 6.07) is 3.24. The molecule has 0 saturated heterocycles. The van der Waals surface area contributed by atoms with E-state index in [4.69, 9.17) is 0 Å². The zero-order valence-electron chi connectivity index (χ0n) is 6.47. The summed E-state index contributed by atoms with van der Waals surface area (Å²) in [6.45, 7) is 0. The van der Waals surface area contributed by atoms with Crippen LogP contribution in [-0.4, -0.2) is 18.1 Å². The molecular formula is C7H8BrN3O. The molecule has 1 rings (SSSR count). The van der Waals surface area contributed by atoms with E-state index in [1.54, 1.807) is 25.4 Å². The molecule has 0 aromatic carbocycles. The molecule has 1 aromatic heterocycles. The van der Waals surface area contributed by atoms with E-state index in [1.807, 2.05) is 0 Å². The summed E-state index contributed by atoms with van der Waals surface area (Å²) in [5.74, 6) is 0.526. The first kappa shape index (κ1) is 8.99. The number of nitrogens with one attached hydrogen (secondary N) is 2. The van der Waals surface area contributed by atoms with Crippen molar-refractivity contribution in [3.63, 3.8) is 0 Å². The van der Waals surface area contributed by atoms with Crippen molar-refractivity contribution in [3.05, 3.63) is 22.8 Å². The van der Waals surface area contributed by atoms with Gasteiger partial charge in [0.1, 0.15) is 5.82 Å². The van der Waals surface area contributed by atoms with Crippen molar-refractivity contribution in [3.8, 4) is 0 Å². The van der Waals surface area contributed by atoms with Gasteiger partial charge in [0, 0.05) is 17.7 Å². The SMILES string of the molecule is CNC(=O)Nc1ccc(Br)cn1. The van der Waals surface area contributed by atoms with Crippen LogP contribution in [0.25, 0.3) is 0 Å². The highest BCUT2D eigenvalue weighted by Crippen LogP contribution is 2.09. The molecule has 4 nitrogen and oxygen atoms in total.